The number of thiazole rings is 1. The number of rotatable bonds is 7. The molecule has 0 spiro atoms. The van der Waals surface area contributed by atoms with Gasteiger partial charge in [-0.15, -0.1) is 16.4 Å². The zero-order valence-corrected chi connectivity index (χ0v) is 20.2. The van der Waals surface area contributed by atoms with Crippen LogP contribution >= 0.6 is 11.3 Å². The molecule has 1 saturated heterocycles. The lowest BCUT2D eigenvalue weighted by Crippen LogP contribution is -2.35. The second kappa shape index (κ2) is 9.90. The molecule has 0 unspecified atom stereocenters. The third-order valence-electron chi connectivity index (χ3n) is 6.05. The number of aromatic nitrogens is 7. The Balaban J connectivity index is 1.16. The third-order valence-corrected chi connectivity index (χ3v) is 7.11. The van der Waals surface area contributed by atoms with Crippen molar-refractivity contribution < 1.29 is 9.13 Å². The summed E-state index contributed by atoms with van der Waals surface area (Å²) in [6.07, 6.45) is 4.91. The standard InChI is InChI=1S/C23H25FN8O2S/c1-14(2)18-10-25-23(28-21(18)33)31-7-5-15(6-8-31)22-27-16(12-35-22)11-34-20-4-3-17(9-19(20)24)32-13-26-29-30-32/h3-4,9-10,12-15H,5-8,11H2,1-2H3,(H,25,28,33). The molecular weight excluding hydrogens is 471 g/mol. The number of halogens is 1. The number of nitrogens with zero attached hydrogens (tertiary/aromatic N) is 7. The average Bonchev–Trinajstić information content (AvgIpc) is 3.56. The fourth-order valence-corrected chi connectivity index (χ4v) is 5.04. The lowest BCUT2D eigenvalue weighted by molar-refractivity contribution is 0.286. The number of ether oxygens (including phenoxy) is 1. The van der Waals surface area contributed by atoms with E-state index >= 15 is 0 Å². The molecule has 35 heavy (non-hydrogen) atoms. The monoisotopic (exact) mass is 496 g/mol. The van der Waals surface area contributed by atoms with Gasteiger partial charge in [-0.2, -0.15) is 0 Å². The summed E-state index contributed by atoms with van der Waals surface area (Å²) in [5.74, 6) is 0.754. The van der Waals surface area contributed by atoms with E-state index in [4.69, 9.17) is 9.72 Å². The maximum atomic E-state index is 14.4. The molecule has 10 nitrogen and oxygen atoms in total. The molecule has 1 N–H and O–H groups in total. The highest BCUT2D eigenvalue weighted by Crippen LogP contribution is 2.31. The molecule has 4 heterocycles. The van der Waals surface area contributed by atoms with Crippen LogP contribution in [0.4, 0.5) is 10.3 Å². The number of piperidine rings is 1. The zero-order chi connectivity index (χ0) is 24.4. The van der Waals surface area contributed by atoms with Crippen molar-refractivity contribution in [3.63, 3.8) is 0 Å². The van der Waals surface area contributed by atoms with Gasteiger partial charge in [0, 0.05) is 42.2 Å². The minimum absolute atomic E-state index is 0.0711. The van der Waals surface area contributed by atoms with E-state index in [-0.39, 0.29) is 23.8 Å². The van der Waals surface area contributed by atoms with Gasteiger partial charge in [0.15, 0.2) is 11.6 Å². The van der Waals surface area contributed by atoms with Gasteiger partial charge in [0.05, 0.1) is 16.4 Å². The maximum Gasteiger partial charge on any atom is 0.255 e. The maximum absolute atomic E-state index is 14.4. The van der Waals surface area contributed by atoms with Crippen LogP contribution in [0.2, 0.25) is 0 Å². The lowest BCUT2D eigenvalue weighted by Gasteiger charge is -2.31. The van der Waals surface area contributed by atoms with Crippen molar-refractivity contribution in [3.8, 4) is 11.4 Å². The average molecular weight is 497 g/mol. The van der Waals surface area contributed by atoms with Crippen LogP contribution in [-0.2, 0) is 6.61 Å². The summed E-state index contributed by atoms with van der Waals surface area (Å²) in [6.45, 7) is 5.73. The van der Waals surface area contributed by atoms with Crippen molar-refractivity contribution >= 4 is 17.3 Å². The summed E-state index contributed by atoms with van der Waals surface area (Å²) in [5.41, 5.74) is 1.91. The first-order valence-corrected chi connectivity index (χ1v) is 12.3. The minimum Gasteiger partial charge on any atom is -0.484 e. The highest BCUT2D eigenvalue weighted by atomic mass is 32.1. The molecule has 0 bridgehead atoms. The second-order valence-electron chi connectivity index (χ2n) is 8.74. The summed E-state index contributed by atoms with van der Waals surface area (Å²) in [5, 5.41) is 13.9. The highest BCUT2D eigenvalue weighted by molar-refractivity contribution is 7.09. The first kappa shape index (κ1) is 23.1. The van der Waals surface area contributed by atoms with Crippen LogP contribution in [0.1, 0.15) is 54.8 Å². The molecular formula is C23H25FN8O2S. The first-order valence-electron chi connectivity index (χ1n) is 11.4. The molecule has 5 rings (SSSR count). The van der Waals surface area contributed by atoms with Crippen LogP contribution in [0, 0.1) is 5.82 Å². The fourth-order valence-electron chi connectivity index (χ4n) is 4.06. The molecule has 0 aliphatic carbocycles. The van der Waals surface area contributed by atoms with Gasteiger partial charge in [0.25, 0.3) is 5.56 Å². The first-order chi connectivity index (χ1) is 17.0. The quantitative estimate of drug-likeness (QED) is 0.414. The number of anilines is 1. The van der Waals surface area contributed by atoms with Crippen molar-refractivity contribution in [1.29, 1.82) is 0 Å². The lowest BCUT2D eigenvalue weighted by atomic mass is 9.98. The Labute approximate surface area is 204 Å². The molecule has 4 aromatic rings. The van der Waals surface area contributed by atoms with Crippen LogP contribution in [0.15, 0.2) is 40.9 Å². The van der Waals surface area contributed by atoms with E-state index in [9.17, 15) is 9.18 Å². The number of benzene rings is 1. The van der Waals surface area contributed by atoms with Gasteiger partial charge in [-0.05, 0) is 41.3 Å². The molecule has 0 radical (unpaired) electrons. The van der Waals surface area contributed by atoms with Gasteiger partial charge >= 0.3 is 0 Å². The van der Waals surface area contributed by atoms with E-state index in [1.54, 1.807) is 29.7 Å². The Bertz CT molecular complexity index is 1350. The van der Waals surface area contributed by atoms with Crippen LogP contribution in [0.5, 0.6) is 5.75 Å². The number of hydrogen-bond acceptors (Lipinski definition) is 9. The van der Waals surface area contributed by atoms with E-state index in [1.807, 2.05) is 19.2 Å². The van der Waals surface area contributed by atoms with Crippen LogP contribution in [-0.4, -0.2) is 48.2 Å². The number of tetrazole rings is 1. The molecule has 1 aliphatic rings. The predicted octanol–water partition coefficient (Wildman–Crippen LogP) is 3.43. The minimum atomic E-state index is -0.492. The number of aromatic amines is 1. The molecule has 1 aromatic carbocycles. The molecule has 0 amide bonds. The number of H-pyrrole nitrogens is 1. The van der Waals surface area contributed by atoms with Crippen molar-refractivity contribution in [2.45, 2.75) is 45.1 Å². The van der Waals surface area contributed by atoms with Gasteiger partial charge in [-0.25, -0.2) is 19.0 Å². The molecule has 0 atom stereocenters. The Morgan fingerprint density at radius 3 is 2.80 bits per heavy atom. The van der Waals surface area contributed by atoms with Crippen molar-refractivity contribution in [1.82, 2.24) is 35.2 Å². The zero-order valence-electron chi connectivity index (χ0n) is 19.4. The summed E-state index contributed by atoms with van der Waals surface area (Å²) >= 11 is 1.60. The van der Waals surface area contributed by atoms with E-state index in [1.165, 1.54) is 17.1 Å². The van der Waals surface area contributed by atoms with Gasteiger partial charge in [0.2, 0.25) is 5.95 Å². The fraction of sp³-hybridized carbons (Fsp3) is 0.391. The summed E-state index contributed by atoms with van der Waals surface area (Å²) in [4.78, 5) is 26.5. The Morgan fingerprint density at radius 1 is 1.29 bits per heavy atom. The highest BCUT2D eigenvalue weighted by Gasteiger charge is 2.24. The van der Waals surface area contributed by atoms with Gasteiger partial charge in [0.1, 0.15) is 12.9 Å². The van der Waals surface area contributed by atoms with Crippen LogP contribution in [0.3, 0.4) is 0 Å². The smallest absolute Gasteiger partial charge is 0.255 e. The normalized spacial score (nSPS) is 14.6. The molecule has 3 aromatic heterocycles. The van der Waals surface area contributed by atoms with E-state index in [0.29, 0.717) is 23.1 Å². The Morgan fingerprint density at radius 2 is 2.11 bits per heavy atom. The molecule has 1 fully saturated rings. The Kier molecular flexibility index (Phi) is 6.53. The second-order valence-corrected chi connectivity index (χ2v) is 9.63. The van der Waals surface area contributed by atoms with Crippen molar-refractivity contribution in [3.05, 3.63) is 68.5 Å². The summed E-state index contributed by atoms with van der Waals surface area (Å²) in [7, 11) is 0. The number of nitrogens with one attached hydrogen (secondary N) is 1. The van der Waals surface area contributed by atoms with Crippen molar-refractivity contribution in [2.75, 3.05) is 18.0 Å². The van der Waals surface area contributed by atoms with E-state index in [2.05, 4.69) is 30.4 Å². The summed E-state index contributed by atoms with van der Waals surface area (Å²) < 4.78 is 21.5. The molecule has 1 aliphatic heterocycles. The summed E-state index contributed by atoms with van der Waals surface area (Å²) in [6, 6.07) is 4.57. The van der Waals surface area contributed by atoms with Gasteiger partial charge in [-0.1, -0.05) is 13.8 Å². The van der Waals surface area contributed by atoms with E-state index < -0.39 is 5.82 Å². The predicted molar refractivity (Wildman–Crippen MR) is 129 cm³/mol. The Hall–Kier alpha value is -3.67. The third kappa shape index (κ3) is 5.06. The topological polar surface area (TPSA) is 115 Å². The van der Waals surface area contributed by atoms with Gasteiger partial charge < -0.3 is 9.64 Å². The largest absolute Gasteiger partial charge is 0.484 e. The molecule has 0 saturated carbocycles. The van der Waals surface area contributed by atoms with Crippen molar-refractivity contribution in [2.24, 2.45) is 0 Å². The van der Waals surface area contributed by atoms with Crippen LogP contribution < -0.4 is 15.2 Å². The molecule has 12 heteroatoms. The van der Waals surface area contributed by atoms with Gasteiger partial charge in [-0.3, -0.25) is 9.78 Å². The van der Waals surface area contributed by atoms with Crippen LogP contribution in [0.25, 0.3) is 5.69 Å². The number of hydrogen-bond donors (Lipinski definition) is 1. The van der Waals surface area contributed by atoms with E-state index in [0.717, 1.165) is 36.6 Å². The molecule has 182 valence electrons. The SMILES string of the molecule is CC(C)c1cnc(N2CCC(c3nc(COc4ccc(-n5cnnn5)cc4F)cs3)CC2)[nH]c1=O.